The number of hydrogen-bond donors (Lipinski definition) is 4. The van der Waals surface area contributed by atoms with Crippen LogP contribution < -0.4 is 15.5 Å². The molecule has 5 aromatic rings. The number of aromatic hydroxyl groups is 2. The van der Waals surface area contributed by atoms with Crippen LogP contribution in [0.1, 0.15) is 51.7 Å². The molecule has 0 unspecified atom stereocenters. The smallest absolute Gasteiger partial charge is 0.323 e. The summed E-state index contributed by atoms with van der Waals surface area (Å²) in [7, 11) is 0. The first kappa shape index (κ1) is 32.4. The van der Waals surface area contributed by atoms with Crippen molar-refractivity contribution in [3.8, 4) is 22.9 Å². The van der Waals surface area contributed by atoms with E-state index in [9.17, 15) is 19.8 Å². The van der Waals surface area contributed by atoms with Gasteiger partial charge in [-0.3, -0.25) is 4.79 Å². The predicted molar refractivity (Wildman–Crippen MR) is 192 cm³/mol. The molecule has 252 valence electrons. The van der Waals surface area contributed by atoms with Crippen molar-refractivity contribution in [2.45, 2.75) is 39.7 Å². The van der Waals surface area contributed by atoms with E-state index in [2.05, 4.69) is 15.5 Å². The Morgan fingerprint density at radius 1 is 0.939 bits per heavy atom. The average molecular weight is 679 g/mol. The highest BCUT2D eigenvalue weighted by Crippen LogP contribution is 2.41. The van der Waals surface area contributed by atoms with Crippen molar-refractivity contribution in [1.29, 1.82) is 0 Å². The van der Waals surface area contributed by atoms with Crippen molar-refractivity contribution in [2.75, 3.05) is 48.4 Å². The van der Waals surface area contributed by atoms with Gasteiger partial charge in [-0.1, -0.05) is 32.0 Å². The van der Waals surface area contributed by atoms with Gasteiger partial charge < -0.3 is 35.4 Å². The van der Waals surface area contributed by atoms with Gasteiger partial charge in [-0.25, -0.2) is 14.8 Å². The van der Waals surface area contributed by atoms with Gasteiger partial charge in [0.2, 0.25) is 0 Å². The lowest BCUT2D eigenvalue weighted by molar-refractivity contribution is 0.0734. The number of thiophene rings is 1. The van der Waals surface area contributed by atoms with Gasteiger partial charge >= 0.3 is 6.03 Å². The fourth-order valence-electron chi connectivity index (χ4n) is 6.38. The molecule has 4 N–H and O–H groups in total. The van der Waals surface area contributed by atoms with E-state index < -0.39 is 0 Å². The van der Waals surface area contributed by atoms with Gasteiger partial charge in [0.05, 0.1) is 30.7 Å². The Hall–Kier alpha value is -5.20. The van der Waals surface area contributed by atoms with E-state index in [1.165, 1.54) is 6.07 Å². The minimum absolute atomic E-state index is 0.00924. The molecular weight excluding hydrogens is 641 g/mol. The maximum absolute atomic E-state index is 13.7. The van der Waals surface area contributed by atoms with Crippen molar-refractivity contribution in [3.63, 3.8) is 0 Å². The van der Waals surface area contributed by atoms with Crippen molar-refractivity contribution < 1.29 is 24.5 Å². The van der Waals surface area contributed by atoms with Crippen LogP contribution >= 0.6 is 11.3 Å². The second-order valence-electron chi connectivity index (χ2n) is 12.7. The topological polar surface area (TPSA) is 140 Å². The summed E-state index contributed by atoms with van der Waals surface area (Å²) in [6.07, 6.45) is 0.627. The number of phenolic OH excluding ortho intramolecular Hbond substituents is 2. The fourth-order valence-corrected chi connectivity index (χ4v) is 7.61. The summed E-state index contributed by atoms with van der Waals surface area (Å²) < 4.78 is 5.65. The molecule has 2 aliphatic rings. The molecular formula is C37H38N6O5S. The Kier molecular flexibility index (Phi) is 8.82. The summed E-state index contributed by atoms with van der Waals surface area (Å²) in [6.45, 7) is 9.30. The molecule has 1 saturated heterocycles. The third-order valence-corrected chi connectivity index (χ3v) is 10.2. The highest BCUT2D eigenvalue weighted by atomic mass is 32.1. The Bertz CT molecular complexity index is 2060. The summed E-state index contributed by atoms with van der Waals surface area (Å²) in [6, 6.07) is 17.6. The number of phenols is 2. The highest BCUT2D eigenvalue weighted by Gasteiger charge is 2.31. The standard InChI is InChI=1S/C37H38N6O5S/c1-21(2)26-18-27(30(45)19-29(26)44)36(46)43-13-12-25-31(20-43)49-35-32(25)34(42-14-16-48-17-15-42)40-33(41-35)23-8-10-24(11-9-23)38-37(47)39-28-7-5-4-6-22(28)3/h4-11,18-19,21,44-45H,12-17,20H2,1-3H3,(H2,38,39,47). The summed E-state index contributed by atoms with van der Waals surface area (Å²) in [5.74, 6) is 0.903. The molecule has 3 aromatic carbocycles. The average Bonchev–Trinajstić information content (AvgIpc) is 3.47. The quantitative estimate of drug-likeness (QED) is 0.152. The first-order valence-electron chi connectivity index (χ1n) is 16.4. The number of rotatable bonds is 6. The number of urea groups is 1. The van der Waals surface area contributed by atoms with Crippen LogP contribution in [-0.4, -0.2) is 69.9 Å². The first-order valence-corrected chi connectivity index (χ1v) is 17.2. The van der Waals surface area contributed by atoms with Gasteiger partial charge in [0, 0.05) is 47.5 Å². The minimum Gasteiger partial charge on any atom is -0.508 e. The Morgan fingerprint density at radius 3 is 2.43 bits per heavy atom. The van der Waals surface area contributed by atoms with E-state index in [4.69, 9.17) is 14.7 Å². The predicted octanol–water partition coefficient (Wildman–Crippen LogP) is 6.88. The molecule has 7 rings (SSSR count). The van der Waals surface area contributed by atoms with E-state index in [0.29, 0.717) is 62.9 Å². The summed E-state index contributed by atoms with van der Waals surface area (Å²) in [4.78, 5) is 42.4. The number of fused-ring (bicyclic) bond motifs is 3. The molecule has 49 heavy (non-hydrogen) atoms. The van der Waals surface area contributed by atoms with Crippen molar-refractivity contribution in [2.24, 2.45) is 0 Å². The fraction of sp³-hybridized carbons (Fsp3) is 0.297. The van der Waals surface area contributed by atoms with Gasteiger partial charge in [-0.05, 0) is 72.4 Å². The molecule has 0 aliphatic carbocycles. The minimum atomic E-state index is -0.327. The SMILES string of the molecule is Cc1ccccc1NC(=O)Nc1ccc(-c2nc(N3CCOCC3)c3c4c(sc3n2)CN(C(=O)c2cc(C(C)C)c(O)cc2O)CC4)cc1. The van der Waals surface area contributed by atoms with Crippen molar-refractivity contribution in [1.82, 2.24) is 14.9 Å². The molecule has 2 aliphatic heterocycles. The third-order valence-electron chi connectivity index (χ3n) is 9.07. The van der Waals surface area contributed by atoms with Crippen LogP contribution in [0.25, 0.3) is 21.6 Å². The third kappa shape index (κ3) is 6.49. The van der Waals surface area contributed by atoms with E-state index in [-0.39, 0.29) is 34.9 Å². The number of amides is 3. The maximum atomic E-state index is 13.7. The Morgan fingerprint density at radius 2 is 1.69 bits per heavy atom. The van der Waals surface area contributed by atoms with Gasteiger partial charge in [0.25, 0.3) is 5.91 Å². The van der Waals surface area contributed by atoms with Crippen LogP contribution in [0, 0.1) is 6.92 Å². The molecule has 0 radical (unpaired) electrons. The molecule has 4 heterocycles. The van der Waals surface area contributed by atoms with Crippen LogP contribution in [0.4, 0.5) is 22.0 Å². The number of hydrogen-bond acceptors (Lipinski definition) is 9. The number of nitrogens with one attached hydrogen (secondary N) is 2. The molecule has 0 bridgehead atoms. The van der Waals surface area contributed by atoms with Crippen molar-refractivity contribution in [3.05, 3.63) is 87.8 Å². The van der Waals surface area contributed by atoms with E-state index in [0.717, 1.165) is 43.3 Å². The summed E-state index contributed by atoms with van der Waals surface area (Å²) in [5, 5.41) is 27.7. The number of carbonyl (C=O) groups excluding carboxylic acids is 2. The molecule has 3 amide bonds. The number of morpholine rings is 1. The summed E-state index contributed by atoms with van der Waals surface area (Å²) >= 11 is 1.56. The van der Waals surface area contributed by atoms with E-state index in [1.54, 1.807) is 22.3 Å². The number of nitrogens with zero attached hydrogens (tertiary/aromatic N) is 4. The number of anilines is 3. The number of para-hydroxylation sites is 1. The van der Waals surface area contributed by atoms with Gasteiger partial charge in [-0.15, -0.1) is 11.3 Å². The van der Waals surface area contributed by atoms with Crippen LogP contribution in [0.5, 0.6) is 11.5 Å². The molecule has 1 fully saturated rings. The van der Waals surface area contributed by atoms with E-state index in [1.807, 2.05) is 69.3 Å². The normalized spacial score (nSPS) is 14.6. The van der Waals surface area contributed by atoms with Gasteiger partial charge in [0.15, 0.2) is 5.82 Å². The second kappa shape index (κ2) is 13.4. The number of carbonyl (C=O) groups is 2. The van der Waals surface area contributed by atoms with Gasteiger partial charge in [0.1, 0.15) is 22.1 Å². The molecule has 0 atom stereocenters. The zero-order chi connectivity index (χ0) is 34.2. The highest BCUT2D eigenvalue weighted by molar-refractivity contribution is 7.19. The number of benzene rings is 3. The molecule has 0 spiro atoms. The maximum Gasteiger partial charge on any atom is 0.323 e. The largest absolute Gasteiger partial charge is 0.508 e. The lowest BCUT2D eigenvalue weighted by atomic mass is 9.97. The number of aryl methyl sites for hydroxylation is 1. The van der Waals surface area contributed by atoms with Crippen molar-refractivity contribution >= 4 is 50.7 Å². The monoisotopic (exact) mass is 678 g/mol. The van der Waals surface area contributed by atoms with Crippen LogP contribution in [0.3, 0.4) is 0 Å². The second-order valence-corrected chi connectivity index (χ2v) is 13.8. The Labute approximate surface area is 288 Å². The van der Waals surface area contributed by atoms with Crippen LogP contribution in [0.15, 0.2) is 60.7 Å². The first-order chi connectivity index (χ1) is 23.7. The van der Waals surface area contributed by atoms with Gasteiger partial charge in [-0.2, -0.15) is 0 Å². The number of aromatic nitrogens is 2. The van der Waals surface area contributed by atoms with Crippen LogP contribution in [0.2, 0.25) is 0 Å². The zero-order valence-corrected chi connectivity index (χ0v) is 28.4. The summed E-state index contributed by atoms with van der Waals surface area (Å²) in [5.41, 5.74) is 5.13. The Balaban J connectivity index is 1.17. The molecule has 2 aromatic heterocycles. The lowest BCUT2D eigenvalue weighted by Gasteiger charge is -2.30. The molecule has 11 nitrogen and oxygen atoms in total. The zero-order valence-electron chi connectivity index (χ0n) is 27.6. The lowest BCUT2D eigenvalue weighted by Crippen LogP contribution is -2.37. The molecule has 12 heteroatoms. The van der Waals surface area contributed by atoms with E-state index >= 15 is 0 Å². The molecule has 0 saturated carbocycles. The van der Waals surface area contributed by atoms with Crippen LogP contribution in [-0.2, 0) is 17.7 Å². The number of ether oxygens (including phenoxy) is 1.